The molecule has 1 amide bonds. The first kappa shape index (κ1) is 14.7. The summed E-state index contributed by atoms with van der Waals surface area (Å²) in [7, 11) is 0. The molecule has 0 saturated heterocycles. The van der Waals surface area contributed by atoms with E-state index in [-0.39, 0.29) is 5.91 Å². The van der Waals surface area contributed by atoms with Crippen LogP contribution in [0.15, 0.2) is 12.5 Å². The summed E-state index contributed by atoms with van der Waals surface area (Å²) >= 11 is 0. The van der Waals surface area contributed by atoms with Crippen molar-refractivity contribution < 1.29 is 4.79 Å². The Morgan fingerprint density at radius 1 is 1.28 bits per heavy atom. The van der Waals surface area contributed by atoms with Gasteiger partial charge in [-0.15, -0.1) is 0 Å². The van der Waals surface area contributed by atoms with Gasteiger partial charge in [0.2, 0.25) is 5.91 Å². The molecular formula is C14H24N3O. The minimum Gasteiger partial charge on any atom is -0.356 e. The van der Waals surface area contributed by atoms with Crippen LogP contribution in [-0.4, -0.2) is 22.0 Å². The van der Waals surface area contributed by atoms with Crippen molar-refractivity contribution >= 4 is 5.91 Å². The van der Waals surface area contributed by atoms with Gasteiger partial charge in [-0.1, -0.05) is 26.2 Å². The van der Waals surface area contributed by atoms with Crippen LogP contribution in [0, 0.1) is 6.20 Å². The average Bonchev–Trinajstić information content (AvgIpc) is 2.88. The highest BCUT2D eigenvalue weighted by atomic mass is 16.1. The number of nitrogens with zero attached hydrogens (tertiary/aromatic N) is 2. The number of aromatic nitrogens is 2. The molecular weight excluding hydrogens is 226 g/mol. The molecule has 0 unspecified atom stereocenters. The van der Waals surface area contributed by atoms with Crippen molar-refractivity contribution in [2.45, 2.75) is 58.4 Å². The lowest BCUT2D eigenvalue weighted by atomic mass is 10.1. The zero-order valence-corrected chi connectivity index (χ0v) is 11.3. The molecule has 0 spiro atoms. The maximum atomic E-state index is 11.3. The molecule has 0 saturated carbocycles. The van der Waals surface area contributed by atoms with Crippen LogP contribution in [-0.2, 0) is 11.3 Å². The van der Waals surface area contributed by atoms with E-state index in [2.05, 4.69) is 28.0 Å². The first-order valence-corrected chi connectivity index (χ1v) is 6.97. The second kappa shape index (κ2) is 9.68. The van der Waals surface area contributed by atoms with Gasteiger partial charge in [-0.3, -0.25) is 4.79 Å². The van der Waals surface area contributed by atoms with E-state index < -0.39 is 0 Å². The van der Waals surface area contributed by atoms with Crippen molar-refractivity contribution in [3.63, 3.8) is 0 Å². The Morgan fingerprint density at radius 3 is 2.78 bits per heavy atom. The molecule has 0 aliphatic rings. The zero-order valence-electron chi connectivity index (χ0n) is 11.3. The van der Waals surface area contributed by atoms with Gasteiger partial charge in [0.1, 0.15) is 6.20 Å². The van der Waals surface area contributed by atoms with Gasteiger partial charge in [-0.05, 0) is 19.3 Å². The van der Waals surface area contributed by atoms with Gasteiger partial charge in [0.05, 0.1) is 6.33 Å². The minimum atomic E-state index is 0.200. The van der Waals surface area contributed by atoms with E-state index in [1.165, 1.54) is 19.3 Å². The van der Waals surface area contributed by atoms with Crippen LogP contribution in [0.2, 0.25) is 0 Å². The molecule has 1 aromatic rings. The highest BCUT2D eigenvalue weighted by molar-refractivity contribution is 5.75. The third-order valence-electron chi connectivity index (χ3n) is 2.90. The normalized spacial score (nSPS) is 10.5. The molecule has 1 heterocycles. The smallest absolute Gasteiger partial charge is 0.219 e. The quantitative estimate of drug-likeness (QED) is 0.649. The van der Waals surface area contributed by atoms with Crippen molar-refractivity contribution in [1.29, 1.82) is 0 Å². The predicted octanol–water partition coefficient (Wildman–Crippen LogP) is 2.55. The van der Waals surface area contributed by atoms with Gasteiger partial charge >= 0.3 is 0 Å². The monoisotopic (exact) mass is 250 g/mol. The van der Waals surface area contributed by atoms with Gasteiger partial charge < -0.3 is 9.88 Å². The molecule has 18 heavy (non-hydrogen) atoms. The molecule has 4 nitrogen and oxygen atoms in total. The number of hydrogen-bond donors (Lipinski definition) is 1. The Hall–Kier alpha value is -1.32. The van der Waals surface area contributed by atoms with Crippen molar-refractivity contribution in [2.24, 2.45) is 0 Å². The van der Waals surface area contributed by atoms with Crippen molar-refractivity contribution in [3.8, 4) is 0 Å². The molecule has 1 rings (SSSR count). The number of carbonyl (C=O) groups is 1. The van der Waals surface area contributed by atoms with E-state index in [4.69, 9.17) is 0 Å². The highest BCUT2D eigenvalue weighted by Crippen LogP contribution is 2.06. The Balaban J connectivity index is 1.85. The average molecular weight is 250 g/mol. The summed E-state index contributed by atoms with van der Waals surface area (Å²) in [6.07, 6.45) is 13.9. The SMILES string of the molecule is CCCNC(=O)CCCCCCCn1c[c]nc1. The molecule has 1 N–H and O–H groups in total. The number of imidazole rings is 1. The third-order valence-corrected chi connectivity index (χ3v) is 2.90. The zero-order chi connectivity index (χ0) is 13.1. The van der Waals surface area contributed by atoms with Gasteiger partial charge in [-0.2, -0.15) is 0 Å². The summed E-state index contributed by atoms with van der Waals surface area (Å²) in [6, 6.07) is 0. The molecule has 0 aromatic carbocycles. The summed E-state index contributed by atoms with van der Waals surface area (Å²) in [6.45, 7) is 3.90. The van der Waals surface area contributed by atoms with Crippen molar-refractivity contribution in [1.82, 2.24) is 14.9 Å². The standard InChI is InChI=1S/C14H24N3O/c1-2-9-16-14(18)8-6-4-3-5-7-11-17-12-10-15-13-17/h12-13H,2-9,11H2,1H3,(H,16,18). The molecule has 0 bridgehead atoms. The molecule has 101 valence electrons. The molecule has 0 fully saturated rings. The lowest BCUT2D eigenvalue weighted by molar-refractivity contribution is -0.121. The molecule has 4 heteroatoms. The first-order valence-electron chi connectivity index (χ1n) is 6.97. The maximum Gasteiger partial charge on any atom is 0.219 e. The van der Waals surface area contributed by atoms with E-state index in [1.807, 2.05) is 6.20 Å². The third kappa shape index (κ3) is 7.09. The largest absolute Gasteiger partial charge is 0.356 e. The Kier molecular flexibility index (Phi) is 7.93. The Labute approximate surface area is 110 Å². The molecule has 1 aromatic heterocycles. The van der Waals surface area contributed by atoms with Crippen LogP contribution < -0.4 is 5.32 Å². The van der Waals surface area contributed by atoms with E-state index in [9.17, 15) is 4.79 Å². The van der Waals surface area contributed by atoms with E-state index >= 15 is 0 Å². The second-order valence-electron chi connectivity index (χ2n) is 4.61. The van der Waals surface area contributed by atoms with Crippen LogP contribution in [0.1, 0.15) is 51.9 Å². The highest BCUT2D eigenvalue weighted by Gasteiger charge is 1.99. The molecule has 1 radical (unpaired) electrons. The lowest BCUT2D eigenvalue weighted by Gasteiger charge is -2.04. The summed E-state index contributed by atoms with van der Waals surface area (Å²) in [4.78, 5) is 15.2. The second-order valence-corrected chi connectivity index (χ2v) is 4.61. The fourth-order valence-electron chi connectivity index (χ4n) is 1.83. The number of nitrogens with one attached hydrogen (secondary N) is 1. The first-order chi connectivity index (χ1) is 8.83. The maximum absolute atomic E-state index is 11.3. The van der Waals surface area contributed by atoms with Crippen LogP contribution in [0.3, 0.4) is 0 Å². The summed E-state index contributed by atoms with van der Waals surface area (Å²) in [5.74, 6) is 0.200. The summed E-state index contributed by atoms with van der Waals surface area (Å²) < 4.78 is 2.05. The van der Waals surface area contributed by atoms with E-state index in [1.54, 1.807) is 6.33 Å². The number of carbonyl (C=O) groups excluding carboxylic acids is 1. The van der Waals surface area contributed by atoms with Crippen molar-refractivity contribution in [2.75, 3.05) is 6.54 Å². The van der Waals surface area contributed by atoms with E-state index in [0.29, 0.717) is 6.42 Å². The number of rotatable bonds is 10. The van der Waals surface area contributed by atoms with Gasteiger partial charge in [0.15, 0.2) is 0 Å². The van der Waals surface area contributed by atoms with Gasteiger partial charge in [0.25, 0.3) is 0 Å². The topological polar surface area (TPSA) is 46.9 Å². The van der Waals surface area contributed by atoms with Crippen LogP contribution >= 0.6 is 0 Å². The van der Waals surface area contributed by atoms with Crippen LogP contribution in [0.25, 0.3) is 0 Å². The van der Waals surface area contributed by atoms with Crippen molar-refractivity contribution in [3.05, 3.63) is 18.7 Å². The molecule has 0 atom stereocenters. The number of hydrogen-bond acceptors (Lipinski definition) is 2. The van der Waals surface area contributed by atoms with E-state index in [0.717, 1.165) is 32.4 Å². The number of unbranched alkanes of at least 4 members (excludes halogenated alkanes) is 4. The Morgan fingerprint density at radius 2 is 2.06 bits per heavy atom. The van der Waals surface area contributed by atoms with Crippen LogP contribution in [0.5, 0.6) is 0 Å². The number of amides is 1. The predicted molar refractivity (Wildman–Crippen MR) is 72.1 cm³/mol. The number of aryl methyl sites for hydroxylation is 1. The summed E-state index contributed by atoms with van der Waals surface area (Å²) in [5.41, 5.74) is 0. The fraction of sp³-hybridized carbons (Fsp3) is 0.714. The lowest BCUT2D eigenvalue weighted by Crippen LogP contribution is -2.23. The summed E-state index contributed by atoms with van der Waals surface area (Å²) in [5, 5.41) is 2.90. The fourth-order valence-corrected chi connectivity index (χ4v) is 1.83. The van der Waals surface area contributed by atoms with Gasteiger partial charge in [0, 0.05) is 25.7 Å². The van der Waals surface area contributed by atoms with Crippen LogP contribution in [0.4, 0.5) is 0 Å². The molecule has 0 aliphatic carbocycles. The Bertz CT molecular complexity index is 309. The minimum absolute atomic E-state index is 0.200. The van der Waals surface area contributed by atoms with Gasteiger partial charge in [-0.25, -0.2) is 4.98 Å². The molecule has 0 aliphatic heterocycles.